The predicted molar refractivity (Wildman–Crippen MR) is 76.4 cm³/mol. The summed E-state index contributed by atoms with van der Waals surface area (Å²) in [4.78, 5) is 2.53. The first kappa shape index (κ1) is 15.3. The molecule has 1 rings (SSSR count). The molecule has 18 heavy (non-hydrogen) atoms. The van der Waals surface area contributed by atoms with Gasteiger partial charge in [0.1, 0.15) is 5.76 Å². The summed E-state index contributed by atoms with van der Waals surface area (Å²) in [5, 5.41) is 3.15. The van der Waals surface area contributed by atoms with Crippen molar-refractivity contribution in [3.8, 4) is 0 Å². The first-order valence-electron chi connectivity index (χ1n) is 6.95. The van der Waals surface area contributed by atoms with E-state index in [-0.39, 0.29) is 0 Å². The second-order valence-corrected chi connectivity index (χ2v) is 5.88. The SMILES string of the molecule is CNCc1occc1CN(CC(C)C)CC(C)C. The zero-order valence-corrected chi connectivity index (χ0v) is 12.5. The van der Waals surface area contributed by atoms with E-state index in [1.54, 1.807) is 6.26 Å². The molecule has 0 aliphatic rings. The van der Waals surface area contributed by atoms with E-state index in [0.717, 1.165) is 31.9 Å². The molecule has 0 unspecified atom stereocenters. The van der Waals surface area contributed by atoms with Crippen LogP contribution in [0.25, 0.3) is 0 Å². The van der Waals surface area contributed by atoms with Crippen molar-refractivity contribution in [3.63, 3.8) is 0 Å². The van der Waals surface area contributed by atoms with Gasteiger partial charge in [0.25, 0.3) is 0 Å². The van der Waals surface area contributed by atoms with E-state index in [4.69, 9.17) is 4.42 Å². The van der Waals surface area contributed by atoms with E-state index >= 15 is 0 Å². The quantitative estimate of drug-likeness (QED) is 0.770. The van der Waals surface area contributed by atoms with Crippen molar-refractivity contribution in [2.24, 2.45) is 11.8 Å². The lowest BCUT2D eigenvalue weighted by molar-refractivity contribution is 0.210. The number of hydrogen-bond acceptors (Lipinski definition) is 3. The number of nitrogens with zero attached hydrogens (tertiary/aromatic N) is 1. The van der Waals surface area contributed by atoms with Gasteiger partial charge in [-0.15, -0.1) is 0 Å². The Kier molecular flexibility index (Phi) is 6.44. The lowest BCUT2D eigenvalue weighted by Gasteiger charge is -2.26. The maximum Gasteiger partial charge on any atom is 0.122 e. The van der Waals surface area contributed by atoms with Gasteiger partial charge in [0.05, 0.1) is 12.8 Å². The Hall–Kier alpha value is -0.800. The Morgan fingerprint density at radius 1 is 1.17 bits per heavy atom. The molecule has 0 radical (unpaired) electrons. The van der Waals surface area contributed by atoms with Gasteiger partial charge in [-0.1, -0.05) is 27.7 Å². The normalized spacial score (nSPS) is 12.0. The molecule has 1 aromatic heterocycles. The molecule has 0 aliphatic carbocycles. The Labute approximate surface area is 112 Å². The highest BCUT2D eigenvalue weighted by Crippen LogP contribution is 2.15. The van der Waals surface area contributed by atoms with Crippen LogP contribution < -0.4 is 5.32 Å². The molecule has 1 N–H and O–H groups in total. The standard InChI is InChI=1S/C15H28N2O/c1-12(2)9-17(10-13(3)4)11-14-6-7-18-15(14)8-16-5/h6-7,12-13,16H,8-11H2,1-5H3. The third-order valence-corrected chi connectivity index (χ3v) is 2.82. The van der Waals surface area contributed by atoms with Crippen LogP contribution in [-0.4, -0.2) is 25.0 Å². The first-order chi connectivity index (χ1) is 8.52. The average molecular weight is 252 g/mol. The van der Waals surface area contributed by atoms with Gasteiger partial charge < -0.3 is 9.73 Å². The van der Waals surface area contributed by atoms with Crippen LogP contribution in [0.4, 0.5) is 0 Å². The number of rotatable bonds is 8. The van der Waals surface area contributed by atoms with Gasteiger partial charge in [0, 0.05) is 25.2 Å². The maximum absolute atomic E-state index is 5.53. The summed E-state index contributed by atoms with van der Waals surface area (Å²) in [7, 11) is 1.95. The Morgan fingerprint density at radius 2 is 1.78 bits per heavy atom. The summed E-state index contributed by atoms with van der Waals surface area (Å²) in [5.41, 5.74) is 1.31. The van der Waals surface area contributed by atoms with Gasteiger partial charge in [-0.05, 0) is 24.9 Å². The molecule has 0 amide bonds. The smallest absolute Gasteiger partial charge is 0.122 e. The van der Waals surface area contributed by atoms with Gasteiger partial charge in [0.15, 0.2) is 0 Å². The second-order valence-electron chi connectivity index (χ2n) is 5.88. The van der Waals surface area contributed by atoms with Crippen LogP contribution in [0.1, 0.15) is 39.0 Å². The van der Waals surface area contributed by atoms with Gasteiger partial charge >= 0.3 is 0 Å². The molecule has 3 heteroatoms. The molecule has 0 bridgehead atoms. The summed E-state index contributed by atoms with van der Waals surface area (Å²) in [6.45, 7) is 13.2. The molecule has 104 valence electrons. The van der Waals surface area contributed by atoms with Gasteiger partial charge in [-0.3, -0.25) is 4.90 Å². The fourth-order valence-electron chi connectivity index (χ4n) is 2.30. The third kappa shape index (κ3) is 5.23. The lowest BCUT2D eigenvalue weighted by Crippen LogP contribution is -2.31. The van der Waals surface area contributed by atoms with Crippen LogP contribution in [0.5, 0.6) is 0 Å². The number of nitrogens with one attached hydrogen (secondary N) is 1. The van der Waals surface area contributed by atoms with Crippen molar-refractivity contribution in [1.82, 2.24) is 10.2 Å². The van der Waals surface area contributed by atoms with Gasteiger partial charge in [0.2, 0.25) is 0 Å². The summed E-state index contributed by atoms with van der Waals surface area (Å²) in [6, 6.07) is 2.10. The summed E-state index contributed by atoms with van der Waals surface area (Å²) in [5.74, 6) is 2.46. The van der Waals surface area contributed by atoms with Crippen LogP contribution in [0.3, 0.4) is 0 Å². The Bertz CT molecular complexity index is 321. The maximum atomic E-state index is 5.53. The van der Waals surface area contributed by atoms with Crippen LogP contribution in [0, 0.1) is 11.8 Å². The van der Waals surface area contributed by atoms with E-state index in [0.29, 0.717) is 11.8 Å². The van der Waals surface area contributed by atoms with E-state index in [9.17, 15) is 0 Å². The van der Waals surface area contributed by atoms with Crippen LogP contribution in [0.15, 0.2) is 16.7 Å². The monoisotopic (exact) mass is 252 g/mol. The van der Waals surface area contributed by atoms with Gasteiger partial charge in [-0.2, -0.15) is 0 Å². The molecule has 0 saturated heterocycles. The zero-order valence-electron chi connectivity index (χ0n) is 12.5. The van der Waals surface area contributed by atoms with E-state index < -0.39 is 0 Å². The van der Waals surface area contributed by atoms with Crippen molar-refractivity contribution in [3.05, 3.63) is 23.7 Å². The number of furan rings is 1. The summed E-state index contributed by atoms with van der Waals surface area (Å²) in [6.07, 6.45) is 1.80. The molecule has 1 aromatic rings. The Balaban J connectivity index is 2.65. The molecule has 0 saturated carbocycles. The molecule has 3 nitrogen and oxygen atoms in total. The van der Waals surface area contributed by atoms with E-state index in [1.165, 1.54) is 5.56 Å². The topological polar surface area (TPSA) is 28.4 Å². The fourth-order valence-corrected chi connectivity index (χ4v) is 2.30. The van der Waals surface area contributed by atoms with Crippen molar-refractivity contribution in [1.29, 1.82) is 0 Å². The second kappa shape index (κ2) is 7.59. The minimum Gasteiger partial charge on any atom is -0.468 e. The number of hydrogen-bond donors (Lipinski definition) is 1. The van der Waals surface area contributed by atoms with Gasteiger partial charge in [-0.25, -0.2) is 0 Å². The highest BCUT2D eigenvalue weighted by atomic mass is 16.3. The molecular weight excluding hydrogens is 224 g/mol. The van der Waals surface area contributed by atoms with Crippen molar-refractivity contribution in [2.75, 3.05) is 20.1 Å². The molecule has 0 atom stereocenters. The van der Waals surface area contributed by atoms with Crippen molar-refractivity contribution in [2.45, 2.75) is 40.8 Å². The fraction of sp³-hybridized carbons (Fsp3) is 0.733. The first-order valence-corrected chi connectivity index (χ1v) is 6.95. The minimum absolute atomic E-state index is 0.698. The molecule has 0 aliphatic heterocycles. The summed E-state index contributed by atoms with van der Waals surface area (Å²) < 4.78 is 5.53. The molecule has 1 heterocycles. The van der Waals surface area contributed by atoms with Crippen LogP contribution >= 0.6 is 0 Å². The Morgan fingerprint density at radius 3 is 2.28 bits per heavy atom. The molecule has 0 aromatic carbocycles. The lowest BCUT2D eigenvalue weighted by atomic mass is 10.1. The average Bonchev–Trinajstić information content (AvgIpc) is 2.64. The predicted octanol–water partition coefficient (Wildman–Crippen LogP) is 3.11. The van der Waals surface area contributed by atoms with E-state index in [1.807, 2.05) is 7.05 Å². The molecular formula is C15H28N2O. The van der Waals surface area contributed by atoms with Crippen LogP contribution in [0.2, 0.25) is 0 Å². The van der Waals surface area contributed by atoms with Crippen LogP contribution in [-0.2, 0) is 13.1 Å². The third-order valence-electron chi connectivity index (χ3n) is 2.82. The zero-order chi connectivity index (χ0) is 13.5. The summed E-state index contributed by atoms with van der Waals surface area (Å²) >= 11 is 0. The molecule has 0 fully saturated rings. The largest absolute Gasteiger partial charge is 0.468 e. The van der Waals surface area contributed by atoms with Crippen molar-refractivity contribution >= 4 is 0 Å². The van der Waals surface area contributed by atoms with Crippen molar-refractivity contribution < 1.29 is 4.42 Å². The van der Waals surface area contributed by atoms with E-state index in [2.05, 4.69) is 44.0 Å². The molecule has 0 spiro atoms. The highest BCUT2D eigenvalue weighted by molar-refractivity contribution is 5.16. The highest BCUT2D eigenvalue weighted by Gasteiger charge is 2.13. The minimum atomic E-state index is 0.698.